The van der Waals surface area contributed by atoms with E-state index in [4.69, 9.17) is 10.5 Å². The molecule has 132 valence electrons. The number of carbonyl (C=O) groups excluding carboxylic acids is 2. The van der Waals surface area contributed by atoms with E-state index in [-0.39, 0.29) is 42.3 Å². The molecule has 9 heteroatoms. The molecule has 0 aromatic heterocycles. The van der Waals surface area contributed by atoms with Crippen LogP contribution < -0.4 is 11.1 Å². The molecule has 1 heterocycles. The van der Waals surface area contributed by atoms with E-state index >= 15 is 0 Å². The third-order valence-electron chi connectivity index (χ3n) is 3.56. The molecule has 2 amide bonds. The molecule has 0 spiro atoms. The largest absolute Gasteiger partial charge is 0.373 e. The summed E-state index contributed by atoms with van der Waals surface area (Å²) in [6, 6.07) is 5.55. The number of nitrogens with zero attached hydrogens (tertiary/aromatic N) is 1. The molecule has 1 fully saturated rings. The third-order valence-corrected chi connectivity index (χ3v) is 5.41. The normalized spacial score (nSPS) is 22.1. The van der Waals surface area contributed by atoms with Gasteiger partial charge in [-0.15, -0.1) is 0 Å². The Hall–Kier alpha value is -1.97. The van der Waals surface area contributed by atoms with Crippen LogP contribution in [0.15, 0.2) is 29.2 Å². The Morgan fingerprint density at radius 3 is 2.25 bits per heavy atom. The van der Waals surface area contributed by atoms with Crippen molar-refractivity contribution >= 4 is 21.8 Å². The predicted molar refractivity (Wildman–Crippen MR) is 86.7 cm³/mol. The van der Waals surface area contributed by atoms with Gasteiger partial charge in [0.2, 0.25) is 15.9 Å². The van der Waals surface area contributed by atoms with Crippen molar-refractivity contribution in [1.29, 1.82) is 0 Å². The van der Waals surface area contributed by atoms with E-state index in [2.05, 4.69) is 5.32 Å². The van der Waals surface area contributed by atoms with Crippen LogP contribution in [0, 0.1) is 0 Å². The summed E-state index contributed by atoms with van der Waals surface area (Å²) in [5, 5.41) is 2.34. The van der Waals surface area contributed by atoms with Gasteiger partial charge in [0.15, 0.2) is 0 Å². The van der Waals surface area contributed by atoms with Gasteiger partial charge >= 0.3 is 0 Å². The number of primary amides is 1. The first-order valence-electron chi connectivity index (χ1n) is 7.52. The second-order valence-electron chi connectivity index (χ2n) is 5.75. The maximum absolute atomic E-state index is 12.7. The van der Waals surface area contributed by atoms with Crippen molar-refractivity contribution in [1.82, 2.24) is 9.62 Å². The van der Waals surface area contributed by atoms with Crippen LogP contribution in [-0.4, -0.2) is 56.4 Å². The van der Waals surface area contributed by atoms with Gasteiger partial charge in [0.25, 0.3) is 5.91 Å². The summed E-state index contributed by atoms with van der Waals surface area (Å²) >= 11 is 0. The quantitative estimate of drug-likeness (QED) is 0.752. The molecule has 2 atom stereocenters. The minimum absolute atomic E-state index is 0.107. The molecular formula is C15H21N3O5S. The minimum Gasteiger partial charge on any atom is -0.373 e. The van der Waals surface area contributed by atoms with Crippen molar-refractivity contribution in [2.45, 2.75) is 31.0 Å². The van der Waals surface area contributed by atoms with E-state index in [1.54, 1.807) is 0 Å². The van der Waals surface area contributed by atoms with Gasteiger partial charge in [0.1, 0.15) is 0 Å². The van der Waals surface area contributed by atoms with Gasteiger partial charge in [-0.25, -0.2) is 8.42 Å². The van der Waals surface area contributed by atoms with Crippen molar-refractivity contribution in [2.75, 3.05) is 19.6 Å². The van der Waals surface area contributed by atoms with Crippen molar-refractivity contribution in [3.8, 4) is 0 Å². The fraction of sp³-hybridized carbons (Fsp3) is 0.467. The van der Waals surface area contributed by atoms with E-state index in [0.717, 1.165) is 0 Å². The van der Waals surface area contributed by atoms with E-state index < -0.39 is 21.8 Å². The Morgan fingerprint density at radius 2 is 1.75 bits per heavy atom. The van der Waals surface area contributed by atoms with Gasteiger partial charge in [0.05, 0.1) is 23.6 Å². The monoisotopic (exact) mass is 355 g/mol. The summed E-state index contributed by atoms with van der Waals surface area (Å²) in [7, 11) is -3.65. The first-order chi connectivity index (χ1) is 11.2. The Bertz CT molecular complexity index is 707. The topological polar surface area (TPSA) is 119 Å². The van der Waals surface area contributed by atoms with Crippen molar-refractivity contribution < 1.29 is 22.7 Å². The van der Waals surface area contributed by atoms with Gasteiger partial charge in [-0.05, 0) is 38.1 Å². The molecule has 1 aliphatic rings. The smallest absolute Gasteiger partial charge is 0.251 e. The maximum atomic E-state index is 12.7. The van der Waals surface area contributed by atoms with E-state index in [9.17, 15) is 18.0 Å². The fourth-order valence-electron chi connectivity index (χ4n) is 2.52. The number of sulfonamides is 1. The number of carbonyl (C=O) groups is 2. The van der Waals surface area contributed by atoms with Crippen LogP contribution in [0.25, 0.3) is 0 Å². The number of hydrogen-bond donors (Lipinski definition) is 2. The second-order valence-corrected chi connectivity index (χ2v) is 7.69. The highest BCUT2D eigenvalue weighted by molar-refractivity contribution is 7.89. The van der Waals surface area contributed by atoms with Crippen LogP contribution in [-0.2, 0) is 19.6 Å². The summed E-state index contributed by atoms with van der Waals surface area (Å²) in [5.41, 5.74) is 5.21. The number of ether oxygens (including phenoxy) is 1. The molecule has 0 aliphatic carbocycles. The number of amides is 2. The van der Waals surface area contributed by atoms with Crippen molar-refractivity contribution in [2.24, 2.45) is 5.73 Å². The fourth-order valence-corrected chi connectivity index (χ4v) is 4.11. The summed E-state index contributed by atoms with van der Waals surface area (Å²) in [6.07, 6.45) is -0.357. The van der Waals surface area contributed by atoms with Crippen molar-refractivity contribution in [3.63, 3.8) is 0 Å². The summed E-state index contributed by atoms with van der Waals surface area (Å²) in [4.78, 5) is 22.6. The highest BCUT2D eigenvalue weighted by atomic mass is 32.2. The third kappa shape index (κ3) is 4.31. The lowest BCUT2D eigenvalue weighted by Gasteiger charge is -2.34. The minimum atomic E-state index is -3.65. The van der Waals surface area contributed by atoms with Gasteiger partial charge in [-0.3, -0.25) is 9.59 Å². The number of rotatable bonds is 5. The zero-order valence-electron chi connectivity index (χ0n) is 13.6. The number of hydrogen-bond acceptors (Lipinski definition) is 5. The SMILES string of the molecule is C[C@@H]1CN(S(=O)(=O)c2ccc(C(=O)NCC(N)=O)cc2)C[C@H](C)O1. The Balaban J connectivity index is 2.14. The molecule has 1 aromatic carbocycles. The number of nitrogens with one attached hydrogen (secondary N) is 1. The predicted octanol–water partition coefficient (Wildman–Crippen LogP) is -0.300. The zero-order valence-corrected chi connectivity index (χ0v) is 14.4. The Labute approximate surface area is 141 Å². The van der Waals surface area contributed by atoms with Crippen LogP contribution in [0.2, 0.25) is 0 Å². The molecule has 1 aromatic rings. The second kappa shape index (κ2) is 7.29. The summed E-state index contributed by atoms with van der Waals surface area (Å²) in [6.45, 7) is 3.94. The lowest BCUT2D eigenvalue weighted by atomic mass is 10.2. The number of benzene rings is 1. The number of morpholine rings is 1. The molecule has 24 heavy (non-hydrogen) atoms. The molecule has 0 unspecified atom stereocenters. The first-order valence-corrected chi connectivity index (χ1v) is 8.96. The molecule has 0 bridgehead atoms. The van der Waals surface area contributed by atoms with Crippen LogP contribution in [0.5, 0.6) is 0 Å². The molecule has 1 saturated heterocycles. The van der Waals surface area contributed by atoms with Gasteiger partial charge in [-0.1, -0.05) is 0 Å². The van der Waals surface area contributed by atoms with E-state index in [1.807, 2.05) is 13.8 Å². The van der Waals surface area contributed by atoms with Gasteiger partial charge < -0.3 is 15.8 Å². The van der Waals surface area contributed by atoms with Crippen molar-refractivity contribution in [3.05, 3.63) is 29.8 Å². The molecule has 1 aliphatic heterocycles. The average Bonchev–Trinajstić information content (AvgIpc) is 2.51. The van der Waals surface area contributed by atoms with Gasteiger partial charge in [-0.2, -0.15) is 4.31 Å². The maximum Gasteiger partial charge on any atom is 0.251 e. The molecular weight excluding hydrogens is 334 g/mol. The molecule has 0 saturated carbocycles. The lowest BCUT2D eigenvalue weighted by Crippen LogP contribution is -2.48. The zero-order chi connectivity index (χ0) is 17.9. The average molecular weight is 355 g/mol. The molecule has 2 rings (SSSR count). The highest BCUT2D eigenvalue weighted by Crippen LogP contribution is 2.21. The first kappa shape index (κ1) is 18.4. The lowest BCUT2D eigenvalue weighted by molar-refractivity contribution is -0.117. The Kier molecular flexibility index (Phi) is 5.58. The van der Waals surface area contributed by atoms with Crippen LogP contribution >= 0.6 is 0 Å². The van der Waals surface area contributed by atoms with Crippen LogP contribution in [0.3, 0.4) is 0 Å². The van der Waals surface area contributed by atoms with E-state index in [1.165, 1.54) is 28.6 Å². The van der Waals surface area contributed by atoms with E-state index in [0.29, 0.717) is 0 Å². The Morgan fingerprint density at radius 1 is 1.21 bits per heavy atom. The van der Waals surface area contributed by atoms with Crippen LogP contribution in [0.4, 0.5) is 0 Å². The summed E-state index contributed by atoms with van der Waals surface area (Å²) < 4.78 is 32.3. The molecule has 3 N–H and O–H groups in total. The highest BCUT2D eigenvalue weighted by Gasteiger charge is 2.32. The van der Waals surface area contributed by atoms with Gasteiger partial charge in [0, 0.05) is 18.7 Å². The van der Waals surface area contributed by atoms with Crippen LogP contribution in [0.1, 0.15) is 24.2 Å². The summed E-state index contributed by atoms with van der Waals surface area (Å²) in [5.74, 6) is -1.15. The number of nitrogens with two attached hydrogens (primary N) is 1. The molecule has 0 radical (unpaired) electrons. The standard InChI is InChI=1S/C15H21N3O5S/c1-10-8-18(9-11(2)23-10)24(21,22)13-5-3-12(4-6-13)15(20)17-7-14(16)19/h3-6,10-11H,7-9H2,1-2H3,(H2,16,19)(H,17,20)/t10-,11+. The molecule has 8 nitrogen and oxygen atoms in total.